The van der Waals surface area contributed by atoms with E-state index in [0.717, 1.165) is 18.3 Å². The fraction of sp³-hybridized carbons (Fsp3) is 1.00. The molecule has 0 heterocycles. The minimum absolute atomic E-state index is 0. The fourth-order valence-electron chi connectivity index (χ4n) is 2.30. The summed E-state index contributed by atoms with van der Waals surface area (Å²) in [6.45, 7) is 0. The second kappa shape index (κ2) is 2.34. The quantitative estimate of drug-likeness (QED) is 0.474. The van der Waals surface area contributed by atoms with Gasteiger partial charge in [0.15, 0.2) is 0 Å². The number of halogens is 4. The van der Waals surface area contributed by atoms with E-state index < -0.39 is 11.6 Å². The van der Waals surface area contributed by atoms with Crippen LogP contribution in [0.4, 0.5) is 13.2 Å². The maximum atomic E-state index is 12.1. The molecule has 0 aromatic heterocycles. The minimum Gasteiger partial charge on any atom is -0.107 e. The van der Waals surface area contributed by atoms with E-state index in [1.54, 1.807) is 0 Å². The van der Waals surface area contributed by atoms with E-state index in [-0.39, 0.29) is 28.0 Å². The van der Waals surface area contributed by atoms with Crippen molar-refractivity contribution in [3.63, 3.8) is 0 Å². The Kier molecular flexibility index (Phi) is 2.17. The maximum Gasteiger partial charge on any atom is -0.107 e. The molecule has 0 aromatic rings. The van der Waals surface area contributed by atoms with E-state index in [0.29, 0.717) is 19.3 Å². The first-order valence-corrected chi connectivity index (χ1v) is 4.78. The van der Waals surface area contributed by atoms with Crippen molar-refractivity contribution < 1.29 is 31.5 Å². The van der Waals surface area contributed by atoms with E-state index in [1.807, 2.05) is 0 Å². The SMILES string of the molecule is FC(F)(F)C12C[C]([Zn])(C1)C2.I. The molecule has 0 atom stereocenters. The van der Waals surface area contributed by atoms with Crippen LogP contribution in [-0.4, -0.2) is 6.18 Å². The van der Waals surface area contributed by atoms with Gasteiger partial charge in [0.1, 0.15) is 0 Å². The van der Waals surface area contributed by atoms with Gasteiger partial charge in [-0.25, -0.2) is 0 Å². The van der Waals surface area contributed by atoms with Crippen molar-refractivity contribution in [2.24, 2.45) is 5.41 Å². The molecule has 3 aliphatic carbocycles. The summed E-state index contributed by atoms with van der Waals surface area (Å²) >= 11 is 1.05. The number of hydrogen-bond acceptors (Lipinski definition) is 0. The summed E-state index contributed by atoms with van der Waals surface area (Å²) in [7, 11) is 0. The van der Waals surface area contributed by atoms with Gasteiger partial charge in [-0.15, -0.1) is 24.0 Å². The molecule has 0 amide bonds. The van der Waals surface area contributed by atoms with Gasteiger partial charge in [0.05, 0.1) is 0 Å². The normalized spacial score (nSPS) is 47.0. The third kappa shape index (κ3) is 1.18. The van der Waals surface area contributed by atoms with Gasteiger partial charge in [-0.3, -0.25) is 0 Å². The molecule has 3 fully saturated rings. The van der Waals surface area contributed by atoms with Crippen LogP contribution in [0.5, 0.6) is 0 Å². The molecule has 0 nitrogen and oxygen atoms in total. The largest absolute Gasteiger partial charge is 0.107 e. The first kappa shape index (κ1) is 10.2. The molecule has 5 heteroatoms. The summed E-state index contributed by atoms with van der Waals surface area (Å²) in [5.41, 5.74) is -1.20. The van der Waals surface area contributed by atoms with Crippen LogP contribution in [0.1, 0.15) is 19.3 Å². The van der Waals surface area contributed by atoms with Crippen LogP contribution in [0.25, 0.3) is 0 Å². The van der Waals surface area contributed by atoms with Crippen LogP contribution in [0.15, 0.2) is 0 Å². The molecule has 0 saturated heterocycles. The topological polar surface area (TPSA) is 0 Å². The molecule has 0 aliphatic heterocycles. The van der Waals surface area contributed by atoms with Crippen LogP contribution in [0, 0.1) is 5.41 Å². The van der Waals surface area contributed by atoms with E-state index in [2.05, 4.69) is 0 Å². The standard InChI is InChI=1S/C6H6F3.HI.Zn/c7-6(8,9)5-1-4(2-5)3-5;;/h1-3H2;1H;. The van der Waals surface area contributed by atoms with Gasteiger partial charge in [0, 0.05) is 0 Å². The Bertz CT molecular complexity index is 169. The second-order valence-electron chi connectivity index (χ2n) is 3.81. The van der Waals surface area contributed by atoms with E-state index >= 15 is 0 Å². The van der Waals surface area contributed by atoms with Gasteiger partial charge in [0.25, 0.3) is 0 Å². The molecule has 11 heavy (non-hydrogen) atoms. The molecule has 0 spiro atoms. The van der Waals surface area contributed by atoms with Crippen LogP contribution < -0.4 is 0 Å². The second-order valence-corrected chi connectivity index (χ2v) is 6.96. The summed E-state index contributed by atoms with van der Waals surface area (Å²) in [5.74, 6) is 0. The van der Waals surface area contributed by atoms with Crippen molar-refractivity contribution in [3.8, 4) is 0 Å². The Balaban J connectivity index is 0.000000605. The minimum atomic E-state index is -3.91. The molecule has 0 N–H and O–H groups in total. The zero-order valence-corrected chi connectivity index (χ0v) is 11.2. The van der Waals surface area contributed by atoms with E-state index in [1.165, 1.54) is 0 Å². The Morgan fingerprint density at radius 2 is 1.45 bits per heavy atom. The summed E-state index contributed by atoms with van der Waals surface area (Å²) < 4.78 is 36.5. The summed E-state index contributed by atoms with van der Waals surface area (Å²) in [5, 5.41) is 0. The number of alkyl halides is 3. The molecular formula is C6H7F3IZn. The summed E-state index contributed by atoms with van der Waals surface area (Å²) in [6.07, 6.45) is -2.60. The Morgan fingerprint density at radius 3 is 1.55 bits per heavy atom. The third-order valence-electron chi connectivity index (χ3n) is 2.74. The van der Waals surface area contributed by atoms with Crippen molar-refractivity contribution in [1.29, 1.82) is 0 Å². The molecule has 0 radical (unpaired) electrons. The zero-order chi connectivity index (χ0) is 7.62. The van der Waals surface area contributed by atoms with Crippen molar-refractivity contribution in [2.45, 2.75) is 29.4 Å². The van der Waals surface area contributed by atoms with Gasteiger partial charge >= 0.3 is 66.3 Å². The number of rotatable bonds is 0. The van der Waals surface area contributed by atoms with E-state index in [4.69, 9.17) is 0 Å². The average molecular weight is 328 g/mol. The molecule has 3 aliphatic rings. The Labute approximate surface area is 90.0 Å². The predicted octanol–water partition coefficient (Wildman–Crippen LogP) is 3.06. The van der Waals surface area contributed by atoms with Gasteiger partial charge < -0.3 is 0 Å². The van der Waals surface area contributed by atoms with Gasteiger partial charge in [-0.05, 0) is 0 Å². The van der Waals surface area contributed by atoms with Crippen molar-refractivity contribution in [2.75, 3.05) is 0 Å². The van der Waals surface area contributed by atoms with Crippen molar-refractivity contribution in [3.05, 3.63) is 0 Å². The molecule has 2 bridgehead atoms. The smallest absolute Gasteiger partial charge is 0.107 e. The first-order chi connectivity index (χ1) is 4.37. The van der Waals surface area contributed by atoms with Crippen LogP contribution in [0.3, 0.4) is 0 Å². The van der Waals surface area contributed by atoms with Crippen LogP contribution >= 0.6 is 24.0 Å². The molecule has 3 saturated carbocycles. The third-order valence-corrected chi connectivity index (χ3v) is 4.32. The van der Waals surface area contributed by atoms with Crippen LogP contribution in [-0.2, 0) is 18.3 Å². The fourth-order valence-corrected chi connectivity index (χ4v) is 5.31. The van der Waals surface area contributed by atoms with Gasteiger partial charge in [-0.2, -0.15) is 0 Å². The molecule has 0 aromatic carbocycles. The maximum absolute atomic E-state index is 12.1. The molecule has 3 rings (SSSR count). The predicted molar refractivity (Wildman–Crippen MR) is 40.4 cm³/mol. The van der Waals surface area contributed by atoms with Crippen LogP contribution in [0.2, 0.25) is 4.01 Å². The van der Waals surface area contributed by atoms with Gasteiger partial charge in [0.2, 0.25) is 0 Å². The Morgan fingerprint density at radius 1 is 1.09 bits per heavy atom. The van der Waals surface area contributed by atoms with Crippen molar-refractivity contribution in [1.82, 2.24) is 0 Å². The van der Waals surface area contributed by atoms with Crippen molar-refractivity contribution >= 4 is 24.0 Å². The molecular weight excluding hydrogens is 321 g/mol. The summed E-state index contributed by atoms with van der Waals surface area (Å²) in [4.78, 5) is 0. The summed E-state index contributed by atoms with van der Waals surface area (Å²) in [6, 6.07) is 0. The molecule has 0 unspecified atom stereocenters. The number of hydrogen-bond donors (Lipinski definition) is 0. The average Bonchev–Trinajstić information content (AvgIpc) is 1.51. The Hall–Kier alpha value is 1.14. The zero-order valence-electron chi connectivity index (χ0n) is 5.87. The van der Waals surface area contributed by atoms with E-state index in [9.17, 15) is 13.2 Å². The monoisotopic (exact) mass is 327 g/mol. The van der Waals surface area contributed by atoms with Gasteiger partial charge in [-0.1, -0.05) is 0 Å². The first-order valence-electron chi connectivity index (χ1n) is 3.29. The molecule has 61 valence electrons.